The summed E-state index contributed by atoms with van der Waals surface area (Å²) < 4.78 is 0. The minimum atomic E-state index is 0.817. The topological polar surface area (TPSA) is 27.0 Å². The number of aryl methyl sites for hydroxylation is 1. The number of hydrogen-bond donors (Lipinski definition) is 0. The zero-order valence-electron chi connectivity index (χ0n) is 7.37. The van der Waals surface area contributed by atoms with Gasteiger partial charge in [-0.05, 0) is 23.9 Å². The molecule has 0 spiro atoms. The van der Waals surface area contributed by atoms with E-state index in [1.165, 1.54) is 10.4 Å². The van der Waals surface area contributed by atoms with Gasteiger partial charge < -0.3 is 4.90 Å². The summed E-state index contributed by atoms with van der Waals surface area (Å²) in [6.45, 7) is 2.93. The van der Waals surface area contributed by atoms with Crippen LogP contribution in [0.4, 0.5) is 0 Å². The fraction of sp³-hybridized carbons (Fsp3) is 0.444. The minimum absolute atomic E-state index is 0.817. The van der Waals surface area contributed by atoms with Gasteiger partial charge in [-0.3, -0.25) is 0 Å². The van der Waals surface area contributed by atoms with Crippen LogP contribution in [-0.2, 0) is 6.42 Å². The largest absolute Gasteiger partial charge is 0.313 e. The maximum atomic E-state index is 8.51. The van der Waals surface area contributed by atoms with Gasteiger partial charge in [0.1, 0.15) is 0 Å². The van der Waals surface area contributed by atoms with Crippen LogP contribution in [0, 0.1) is 18.4 Å². The van der Waals surface area contributed by atoms with Gasteiger partial charge in [0.2, 0.25) is 0 Å². The second kappa shape index (κ2) is 4.13. The molecule has 0 atom stereocenters. The SMILES string of the molecule is Cc1ccsc1CCN(C)C#N. The van der Waals surface area contributed by atoms with Crippen LogP contribution < -0.4 is 0 Å². The van der Waals surface area contributed by atoms with Crippen molar-refractivity contribution < 1.29 is 0 Å². The van der Waals surface area contributed by atoms with E-state index in [1.807, 2.05) is 7.05 Å². The van der Waals surface area contributed by atoms with Gasteiger partial charge in [0.05, 0.1) is 0 Å². The predicted octanol–water partition coefficient (Wildman–Crippen LogP) is 2.01. The lowest BCUT2D eigenvalue weighted by Crippen LogP contribution is -2.14. The van der Waals surface area contributed by atoms with Gasteiger partial charge in [0.25, 0.3) is 0 Å². The molecule has 0 aliphatic heterocycles. The first-order chi connectivity index (χ1) is 5.74. The zero-order valence-corrected chi connectivity index (χ0v) is 8.19. The lowest BCUT2D eigenvalue weighted by atomic mass is 10.2. The average molecular weight is 180 g/mol. The third-order valence-electron chi connectivity index (χ3n) is 1.81. The molecule has 0 fully saturated rings. The fourth-order valence-electron chi connectivity index (χ4n) is 0.979. The van der Waals surface area contributed by atoms with Crippen molar-refractivity contribution >= 4 is 11.3 Å². The first kappa shape index (κ1) is 9.08. The molecule has 0 aliphatic carbocycles. The maximum absolute atomic E-state index is 8.51. The van der Waals surface area contributed by atoms with E-state index in [2.05, 4.69) is 24.6 Å². The molecule has 1 aromatic rings. The lowest BCUT2D eigenvalue weighted by Gasteiger charge is -2.06. The van der Waals surface area contributed by atoms with Crippen molar-refractivity contribution in [2.24, 2.45) is 0 Å². The zero-order chi connectivity index (χ0) is 8.97. The number of thiophene rings is 1. The number of hydrogen-bond acceptors (Lipinski definition) is 3. The van der Waals surface area contributed by atoms with Crippen LogP contribution in [0.2, 0.25) is 0 Å². The highest BCUT2D eigenvalue weighted by Gasteiger charge is 2.00. The predicted molar refractivity (Wildman–Crippen MR) is 51.0 cm³/mol. The number of likely N-dealkylation sites (N-methyl/N-ethyl adjacent to an activating group) is 1. The van der Waals surface area contributed by atoms with Gasteiger partial charge in [0, 0.05) is 24.9 Å². The van der Waals surface area contributed by atoms with E-state index < -0.39 is 0 Å². The van der Waals surface area contributed by atoms with Crippen molar-refractivity contribution in [3.8, 4) is 6.19 Å². The second-order valence-corrected chi connectivity index (χ2v) is 3.80. The fourth-order valence-corrected chi connectivity index (χ4v) is 1.88. The molecule has 0 radical (unpaired) electrons. The van der Waals surface area contributed by atoms with Crippen LogP contribution >= 0.6 is 11.3 Å². The molecule has 3 heteroatoms. The molecule has 0 aromatic carbocycles. The van der Waals surface area contributed by atoms with Crippen molar-refractivity contribution in [3.05, 3.63) is 21.9 Å². The molecular formula is C9H12N2S. The Bertz CT molecular complexity index is 285. The molecule has 0 saturated carbocycles. The van der Waals surface area contributed by atoms with Gasteiger partial charge in [-0.15, -0.1) is 11.3 Å². The van der Waals surface area contributed by atoms with Crippen molar-refractivity contribution in [1.82, 2.24) is 4.90 Å². The Kier molecular flexibility index (Phi) is 3.12. The van der Waals surface area contributed by atoms with Crippen molar-refractivity contribution in [1.29, 1.82) is 5.26 Å². The smallest absolute Gasteiger partial charge is 0.179 e. The summed E-state index contributed by atoms with van der Waals surface area (Å²) >= 11 is 1.77. The number of nitriles is 1. The molecule has 2 nitrogen and oxygen atoms in total. The van der Waals surface area contributed by atoms with Crippen LogP contribution in [0.15, 0.2) is 11.4 Å². The Labute approximate surface area is 77.0 Å². The van der Waals surface area contributed by atoms with Gasteiger partial charge in [-0.1, -0.05) is 0 Å². The van der Waals surface area contributed by atoms with Crippen LogP contribution in [0.5, 0.6) is 0 Å². The maximum Gasteiger partial charge on any atom is 0.179 e. The molecule has 1 rings (SSSR count). The average Bonchev–Trinajstić information content (AvgIpc) is 2.47. The summed E-state index contributed by atoms with van der Waals surface area (Å²) in [7, 11) is 1.81. The van der Waals surface area contributed by atoms with Crippen LogP contribution in [0.3, 0.4) is 0 Å². The first-order valence-electron chi connectivity index (χ1n) is 3.88. The summed E-state index contributed by atoms with van der Waals surface area (Å²) in [4.78, 5) is 3.04. The molecule has 0 aliphatic rings. The first-order valence-corrected chi connectivity index (χ1v) is 4.76. The number of nitrogens with zero attached hydrogens (tertiary/aromatic N) is 2. The quantitative estimate of drug-likeness (QED) is 0.525. The molecule has 1 heterocycles. The molecule has 0 saturated heterocycles. The summed E-state index contributed by atoms with van der Waals surface area (Å²) in [5.41, 5.74) is 1.34. The van der Waals surface area contributed by atoms with Crippen LogP contribution in [0.1, 0.15) is 10.4 Å². The van der Waals surface area contributed by atoms with Crippen LogP contribution in [-0.4, -0.2) is 18.5 Å². The van der Waals surface area contributed by atoms with Gasteiger partial charge in [-0.25, -0.2) is 0 Å². The Balaban J connectivity index is 2.44. The molecule has 0 amide bonds. The van der Waals surface area contributed by atoms with E-state index in [0.717, 1.165) is 13.0 Å². The molecule has 64 valence electrons. The molecule has 0 unspecified atom stereocenters. The Hall–Kier alpha value is -1.01. The monoisotopic (exact) mass is 180 g/mol. The second-order valence-electron chi connectivity index (χ2n) is 2.80. The molecule has 0 bridgehead atoms. The van der Waals surface area contributed by atoms with Gasteiger partial charge in [0.15, 0.2) is 6.19 Å². The van der Waals surface area contributed by atoms with E-state index >= 15 is 0 Å². The Morgan fingerprint density at radius 3 is 2.92 bits per heavy atom. The third-order valence-corrected chi connectivity index (χ3v) is 2.90. The van der Waals surface area contributed by atoms with Crippen molar-refractivity contribution in [2.45, 2.75) is 13.3 Å². The summed E-state index contributed by atoms with van der Waals surface area (Å²) in [6.07, 6.45) is 3.06. The molecule has 12 heavy (non-hydrogen) atoms. The van der Waals surface area contributed by atoms with E-state index in [0.29, 0.717) is 0 Å². The molecular weight excluding hydrogens is 168 g/mol. The highest BCUT2D eigenvalue weighted by atomic mass is 32.1. The minimum Gasteiger partial charge on any atom is -0.313 e. The van der Waals surface area contributed by atoms with E-state index in [-0.39, 0.29) is 0 Å². The van der Waals surface area contributed by atoms with E-state index in [1.54, 1.807) is 16.2 Å². The Morgan fingerprint density at radius 1 is 1.67 bits per heavy atom. The lowest BCUT2D eigenvalue weighted by molar-refractivity contribution is 0.480. The summed E-state index contributed by atoms with van der Waals surface area (Å²) in [6, 6.07) is 2.12. The highest BCUT2D eigenvalue weighted by molar-refractivity contribution is 7.10. The van der Waals surface area contributed by atoms with Gasteiger partial charge >= 0.3 is 0 Å². The normalized spacial score (nSPS) is 9.42. The Morgan fingerprint density at radius 2 is 2.42 bits per heavy atom. The highest BCUT2D eigenvalue weighted by Crippen LogP contribution is 2.15. The van der Waals surface area contributed by atoms with Crippen LogP contribution in [0.25, 0.3) is 0 Å². The van der Waals surface area contributed by atoms with E-state index in [4.69, 9.17) is 5.26 Å². The van der Waals surface area contributed by atoms with Crippen molar-refractivity contribution in [2.75, 3.05) is 13.6 Å². The third kappa shape index (κ3) is 2.24. The summed E-state index contributed by atoms with van der Waals surface area (Å²) in [5, 5.41) is 10.6. The van der Waals surface area contributed by atoms with Gasteiger partial charge in [-0.2, -0.15) is 5.26 Å². The molecule has 0 N–H and O–H groups in total. The van der Waals surface area contributed by atoms with E-state index in [9.17, 15) is 0 Å². The number of rotatable bonds is 3. The summed E-state index contributed by atoms with van der Waals surface area (Å²) in [5.74, 6) is 0. The molecule has 1 aromatic heterocycles. The standard InChI is InChI=1S/C9H12N2S/c1-8-4-6-12-9(8)3-5-11(2)7-10/h4,6H,3,5H2,1-2H3. The van der Waals surface area contributed by atoms with Crippen molar-refractivity contribution in [3.63, 3.8) is 0 Å².